The zero-order chi connectivity index (χ0) is 20.1. The summed E-state index contributed by atoms with van der Waals surface area (Å²) >= 11 is 0. The third kappa shape index (κ3) is 4.64. The van der Waals surface area contributed by atoms with Crippen LogP contribution in [0, 0.1) is 0 Å². The molecule has 2 heterocycles. The van der Waals surface area contributed by atoms with Crippen molar-refractivity contribution in [3.8, 4) is 0 Å². The molecule has 0 amide bonds. The predicted octanol–water partition coefficient (Wildman–Crippen LogP) is 4.80. The highest BCUT2D eigenvalue weighted by atomic mass is 16.5. The van der Waals surface area contributed by atoms with E-state index in [1.165, 1.54) is 5.56 Å². The van der Waals surface area contributed by atoms with Crippen LogP contribution in [0.1, 0.15) is 43.8 Å². The molecule has 1 aliphatic heterocycles. The minimum Gasteiger partial charge on any atom is -0.461 e. The van der Waals surface area contributed by atoms with Gasteiger partial charge in [0.15, 0.2) is 5.60 Å². The van der Waals surface area contributed by atoms with Crippen LogP contribution in [0.5, 0.6) is 0 Å². The van der Waals surface area contributed by atoms with Crippen LogP contribution in [0.25, 0.3) is 0 Å². The van der Waals surface area contributed by atoms with E-state index < -0.39 is 5.60 Å². The van der Waals surface area contributed by atoms with Gasteiger partial charge in [0, 0.05) is 19.7 Å². The summed E-state index contributed by atoms with van der Waals surface area (Å²) in [5.74, 6) is 1.28. The number of ether oxygens (including phenoxy) is 1. The van der Waals surface area contributed by atoms with Crippen molar-refractivity contribution in [1.29, 1.82) is 0 Å². The van der Waals surface area contributed by atoms with Gasteiger partial charge in [-0.3, -0.25) is 4.90 Å². The van der Waals surface area contributed by atoms with Crippen LogP contribution in [-0.2, 0) is 23.4 Å². The molecule has 0 aliphatic carbocycles. The second-order valence-electron chi connectivity index (χ2n) is 7.83. The van der Waals surface area contributed by atoms with Crippen molar-refractivity contribution in [2.45, 2.75) is 51.5 Å². The van der Waals surface area contributed by atoms with E-state index in [0.29, 0.717) is 23.5 Å². The third-order valence-corrected chi connectivity index (χ3v) is 5.37. The summed E-state index contributed by atoms with van der Waals surface area (Å²) in [5, 5.41) is 11.0. The summed E-state index contributed by atoms with van der Waals surface area (Å²) in [5.41, 5.74) is 1.12. The number of rotatable bonds is 9. The molecule has 1 N–H and O–H groups in total. The van der Waals surface area contributed by atoms with Crippen LogP contribution in [0.4, 0.5) is 0 Å². The molecule has 3 rings (SSSR count). The molecule has 4 nitrogen and oxygen atoms in total. The normalized spacial score (nSPS) is 17.2. The summed E-state index contributed by atoms with van der Waals surface area (Å²) in [4.78, 5) is 2.34. The van der Waals surface area contributed by atoms with Gasteiger partial charge in [0.1, 0.15) is 11.5 Å². The first-order valence-corrected chi connectivity index (χ1v) is 9.91. The Bertz CT molecular complexity index is 788. The predicted molar refractivity (Wildman–Crippen MR) is 112 cm³/mol. The highest BCUT2D eigenvalue weighted by Gasteiger charge is 2.35. The van der Waals surface area contributed by atoms with Gasteiger partial charge in [-0.25, -0.2) is 0 Å². The second-order valence-corrected chi connectivity index (χ2v) is 7.83. The fourth-order valence-electron chi connectivity index (χ4n) is 3.77. The van der Waals surface area contributed by atoms with Crippen molar-refractivity contribution in [3.63, 3.8) is 0 Å². The molecule has 0 saturated carbocycles. The SMILES string of the molecule is C=C(C)C(O)(C(=C)C)c1ccc(CN(Cc2ccccc2)CC2CCCO2)o1. The van der Waals surface area contributed by atoms with E-state index in [1.54, 1.807) is 13.8 Å². The van der Waals surface area contributed by atoms with Crippen molar-refractivity contribution in [1.82, 2.24) is 4.90 Å². The maximum atomic E-state index is 11.0. The Balaban J connectivity index is 1.77. The molecule has 2 aromatic rings. The van der Waals surface area contributed by atoms with E-state index >= 15 is 0 Å². The van der Waals surface area contributed by atoms with Gasteiger partial charge in [-0.2, -0.15) is 0 Å². The Hall–Kier alpha value is -2.14. The van der Waals surface area contributed by atoms with Gasteiger partial charge in [-0.1, -0.05) is 43.5 Å². The quantitative estimate of drug-likeness (QED) is 0.634. The van der Waals surface area contributed by atoms with Gasteiger partial charge in [0.05, 0.1) is 12.6 Å². The minimum absolute atomic E-state index is 0.265. The molecule has 1 atom stereocenters. The topological polar surface area (TPSA) is 45.8 Å². The van der Waals surface area contributed by atoms with Crippen molar-refractivity contribution in [3.05, 3.63) is 83.9 Å². The highest BCUT2D eigenvalue weighted by Crippen LogP contribution is 2.36. The zero-order valence-corrected chi connectivity index (χ0v) is 17.0. The Morgan fingerprint density at radius 2 is 1.82 bits per heavy atom. The van der Waals surface area contributed by atoms with Gasteiger partial charge in [0.2, 0.25) is 0 Å². The number of aliphatic hydroxyl groups is 1. The first kappa shape index (κ1) is 20.6. The van der Waals surface area contributed by atoms with E-state index in [4.69, 9.17) is 9.15 Å². The molecule has 1 fully saturated rings. The Kier molecular flexibility index (Phi) is 6.55. The van der Waals surface area contributed by atoms with Crippen LogP contribution >= 0.6 is 0 Å². The van der Waals surface area contributed by atoms with Gasteiger partial charge in [0.25, 0.3) is 0 Å². The summed E-state index contributed by atoms with van der Waals surface area (Å²) in [6.07, 6.45) is 2.49. The summed E-state index contributed by atoms with van der Waals surface area (Å²) in [7, 11) is 0. The molecule has 0 radical (unpaired) electrons. The lowest BCUT2D eigenvalue weighted by Crippen LogP contribution is -2.31. The van der Waals surface area contributed by atoms with Crippen LogP contribution in [0.15, 0.2) is 71.2 Å². The first-order chi connectivity index (χ1) is 13.4. The average molecular weight is 382 g/mol. The Morgan fingerprint density at radius 3 is 2.43 bits per heavy atom. The highest BCUT2D eigenvalue weighted by molar-refractivity contribution is 5.35. The van der Waals surface area contributed by atoms with Crippen molar-refractivity contribution < 1.29 is 14.3 Å². The minimum atomic E-state index is -1.34. The number of furan rings is 1. The molecule has 150 valence electrons. The average Bonchev–Trinajstić information content (AvgIpc) is 3.33. The number of hydrogen-bond donors (Lipinski definition) is 1. The standard InChI is InChI=1S/C24H31NO3/c1-18(2)24(26,19(3)4)23-13-12-22(28-23)17-25(16-21-11-8-14-27-21)15-20-9-6-5-7-10-20/h5-7,9-10,12-13,21,26H,1,3,8,11,14-17H2,2,4H3. The smallest absolute Gasteiger partial charge is 0.163 e. The second kappa shape index (κ2) is 8.91. The monoisotopic (exact) mass is 381 g/mol. The first-order valence-electron chi connectivity index (χ1n) is 9.91. The van der Waals surface area contributed by atoms with Crippen molar-refractivity contribution >= 4 is 0 Å². The molecular formula is C24H31NO3. The van der Waals surface area contributed by atoms with Crippen LogP contribution in [-0.4, -0.2) is 29.3 Å². The van der Waals surface area contributed by atoms with E-state index in [2.05, 4.69) is 42.3 Å². The summed E-state index contributed by atoms with van der Waals surface area (Å²) < 4.78 is 11.9. The van der Waals surface area contributed by atoms with Crippen LogP contribution < -0.4 is 0 Å². The zero-order valence-electron chi connectivity index (χ0n) is 17.0. The molecule has 0 spiro atoms. The molecule has 1 unspecified atom stereocenters. The fraction of sp³-hybridized carbons (Fsp3) is 0.417. The molecule has 1 aromatic carbocycles. The molecule has 1 saturated heterocycles. The van der Waals surface area contributed by atoms with E-state index in [0.717, 1.165) is 38.3 Å². The van der Waals surface area contributed by atoms with Gasteiger partial charge < -0.3 is 14.3 Å². The molecule has 28 heavy (non-hydrogen) atoms. The lowest BCUT2D eigenvalue weighted by Gasteiger charge is -2.27. The number of benzene rings is 1. The van der Waals surface area contributed by atoms with Gasteiger partial charge in [-0.15, -0.1) is 0 Å². The molecule has 4 heteroatoms. The maximum Gasteiger partial charge on any atom is 0.163 e. The summed E-state index contributed by atoms with van der Waals surface area (Å²) in [6.45, 7) is 14.6. The van der Waals surface area contributed by atoms with E-state index in [9.17, 15) is 5.11 Å². The Labute approximate surface area is 168 Å². The molecule has 1 aromatic heterocycles. The lowest BCUT2D eigenvalue weighted by atomic mass is 9.87. The van der Waals surface area contributed by atoms with Crippen molar-refractivity contribution in [2.75, 3.05) is 13.2 Å². The fourth-order valence-corrected chi connectivity index (χ4v) is 3.77. The van der Waals surface area contributed by atoms with Crippen LogP contribution in [0.3, 0.4) is 0 Å². The maximum absolute atomic E-state index is 11.0. The lowest BCUT2D eigenvalue weighted by molar-refractivity contribution is 0.0623. The third-order valence-electron chi connectivity index (χ3n) is 5.37. The number of nitrogens with zero attached hydrogens (tertiary/aromatic N) is 1. The van der Waals surface area contributed by atoms with Crippen molar-refractivity contribution in [2.24, 2.45) is 0 Å². The van der Waals surface area contributed by atoms with Gasteiger partial charge >= 0.3 is 0 Å². The largest absolute Gasteiger partial charge is 0.461 e. The van der Waals surface area contributed by atoms with E-state index in [1.807, 2.05) is 18.2 Å². The van der Waals surface area contributed by atoms with Gasteiger partial charge in [-0.05, 0) is 55.5 Å². The molecule has 1 aliphatic rings. The summed E-state index contributed by atoms with van der Waals surface area (Å²) in [6, 6.07) is 14.2. The Morgan fingerprint density at radius 1 is 1.11 bits per heavy atom. The molecular weight excluding hydrogens is 350 g/mol. The number of hydrogen-bond acceptors (Lipinski definition) is 4. The van der Waals surface area contributed by atoms with Crippen LogP contribution in [0.2, 0.25) is 0 Å². The van der Waals surface area contributed by atoms with E-state index in [-0.39, 0.29) is 6.10 Å². The molecule has 0 bridgehead atoms.